The largest absolute Gasteiger partial charge is 0.398 e. The Bertz CT molecular complexity index is 276. The normalized spacial score (nSPS) is 12.7. The molecule has 1 atom stereocenters. The number of halogens is 1. The van der Waals surface area contributed by atoms with Crippen LogP contribution in [0.5, 0.6) is 0 Å². The van der Waals surface area contributed by atoms with Crippen molar-refractivity contribution in [2.45, 2.75) is 38.0 Å². The lowest BCUT2D eigenvalue weighted by atomic mass is 10.1. The molecule has 0 aliphatic heterocycles. The van der Waals surface area contributed by atoms with Crippen molar-refractivity contribution in [2.75, 3.05) is 5.73 Å². The van der Waals surface area contributed by atoms with Crippen LogP contribution in [0.15, 0.2) is 18.5 Å². The van der Waals surface area contributed by atoms with Crippen LogP contribution >= 0.6 is 11.6 Å². The second-order valence-corrected chi connectivity index (χ2v) is 4.09. The zero-order valence-electron chi connectivity index (χ0n) is 8.54. The molecule has 0 radical (unpaired) electrons. The molecule has 0 aliphatic carbocycles. The Balaban J connectivity index is 2.35. The average Bonchev–Trinajstić information content (AvgIpc) is 2.20. The molecule has 0 aliphatic rings. The first-order chi connectivity index (χ1) is 6.74. The summed E-state index contributed by atoms with van der Waals surface area (Å²) in [5, 5.41) is 0.299. The molecule has 0 spiro atoms. The Labute approximate surface area is 90.5 Å². The van der Waals surface area contributed by atoms with Crippen LogP contribution in [0.3, 0.4) is 0 Å². The second-order valence-electron chi connectivity index (χ2n) is 3.47. The average molecular weight is 213 g/mol. The summed E-state index contributed by atoms with van der Waals surface area (Å²) in [6, 6.07) is 1.84. The number of nitrogens with zero attached hydrogens (tertiary/aromatic N) is 1. The maximum absolute atomic E-state index is 6.02. The van der Waals surface area contributed by atoms with E-state index in [2.05, 4.69) is 11.9 Å². The number of pyridine rings is 1. The third-order valence-corrected chi connectivity index (χ3v) is 2.87. The Morgan fingerprint density at radius 3 is 3.00 bits per heavy atom. The van der Waals surface area contributed by atoms with Crippen LogP contribution in [0.4, 0.5) is 5.69 Å². The van der Waals surface area contributed by atoms with Crippen molar-refractivity contribution in [3.63, 3.8) is 0 Å². The maximum atomic E-state index is 6.02. The van der Waals surface area contributed by atoms with Crippen LogP contribution in [0.25, 0.3) is 0 Å². The number of anilines is 1. The van der Waals surface area contributed by atoms with Crippen LogP contribution in [-0.2, 0) is 6.42 Å². The molecule has 1 rings (SSSR count). The maximum Gasteiger partial charge on any atom is 0.0377 e. The smallest absolute Gasteiger partial charge is 0.0377 e. The molecular weight excluding hydrogens is 196 g/mol. The minimum atomic E-state index is 0.299. The van der Waals surface area contributed by atoms with Crippen molar-refractivity contribution in [2.24, 2.45) is 0 Å². The fourth-order valence-corrected chi connectivity index (χ4v) is 1.52. The molecule has 1 aromatic rings. The van der Waals surface area contributed by atoms with Gasteiger partial charge in [-0.3, -0.25) is 4.98 Å². The van der Waals surface area contributed by atoms with Crippen molar-refractivity contribution in [3.05, 3.63) is 24.0 Å². The van der Waals surface area contributed by atoms with Gasteiger partial charge in [-0.15, -0.1) is 11.6 Å². The van der Waals surface area contributed by atoms with Crippen molar-refractivity contribution >= 4 is 17.3 Å². The van der Waals surface area contributed by atoms with Crippen molar-refractivity contribution in [3.8, 4) is 0 Å². The zero-order valence-corrected chi connectivity index (χ0v) is 9.30. The first-order valence-electron chi connectivity index (χ1n) is 5.06. The second kappa shape index (κ2) is 5.86. The molecule has 78 valence electrons. The van der Waals surface area contributed by atoms with Gasteiger partial charge in [-0.2, -0.15) is 0 Å². The monoisotopic (exact) mass is 212 g/mol. The highest BCUT2D eigenvalue weighted by atomic mass is 35.5. The van der Waals surface area contributed by atoms with Gasteiger partial charge in [-0.05, 0) is 37.3 Å². The van der Waals surface area contributed by atoms with Gasteiger partial charge in [0.2, 0.25) is 0 Å². The highest BCUT2D eigenvalue weighted by molar-refractivity contribution is 6.20. The van der Waals surface area contributed by atoms with E-state index in [0.29, 0.717) is 5.38 Å². The predicted octanol–water partition coefficient (Wildman–Crippen LogP) is 3.00. The van der Waals surface area contributed by atoms with Gasteiger partial charge in [0.05, 0.1) is 0 Å². The highest BCUT2D eigenvalue weighted by Crippen LogP contribution is 2.15. The Morgan fingerprint density at radius 1 is 1.57 bits per heavy atom. The molecule has 1 heterocycles. The molecular formula is C11H17ClN2. The van der Waals surface area contributed by atoms with E-state index < -0.39 is 0 Å². The van der Waals surface area contributed by atoms with Gasteiger partial charge in [-0.1, -0.05) is 6.92 Å². The van der Waals surface area contributed by atoms with E-state index in [9.17, 15) is 0 Å². The summed E-state index contributed by atoms with van der Waals surface area (Å²) >= 11 is 6.02. The quantitative estimate of drug-likeness (QED) is 0.763. The van der Waals surface area contributed by atoms with Crippen molar-refractivity contribution in [1.82, 2.24) is 4.98 Å². The summed E-state index contributed by atoms with van der Waals surface area (Å²) in [6.07, 6.45) is 7.69. The molecule has 1 unspecified atom stereocenters. The topological polar surface area (TPSA) is 38.9 Å². The van der Waals surface area contributed by atoms with Gasteiger partial charge in [-0.25, -0.2) is 0 Å². The highest BCUT2D eigenvalue weighted by Gasteiger charge is 2.02. The molecule has 3 heteroatoms. The lowest BCUT2D eigenvalue weighted by Gasteiger charge is -2.07. The first kappa shape index (κ1) is 11.3. The van der Waals surface area contributed by atoms with Gasteiger partial charge >= 0.3 is 0 Å². The molecule has 0 saturated carbocycles. The standard InChI is InChI=1S/C11H17ClN2/c1-2-10(12)5-3-4-9-8-14-7-6-11(9)13/h6-8,10H,2-5H2,1H3,(H2,13,14). The summed E-state index contributed by atoms with van der Waals surface area (Å²) < 4.78 is 0. The predicted molar refractivity (Wildman–Crippen MR) is 61.5 cm³/mol. The molecule has 2 N–H and O–H groups in total. The third kappa shape index (κ3) is 3.54. The fourth-order valence-electron chi connectivity index (χ4n) is 1.36. The Morgan fingerprint density at radius 2 is 2.36 bits per heavy atom. The van der Waals surface area contributed by atoms with Gasteiger partial charge in [0.1, 0.15) is 0 Å². The van der Waals surface area contributed by atoms with Crippen molar-refractivity contribution in [1.29, 1.82) is 0 Å². The molecule has 0 fully saturated rings. The Hall–Kier alpha value is -0.760. The fraction of sp³-hybridized carbons (Fsp3) is 0.545. The summed E-state index contributed by atoms with van der Waals surface area (Å²) in [4.78, 5) is 4.05. The SMILES string of the molecule is CCC(Cl)CCCc1cnccc1N. The van der Waals surface area contributed by atoms with E-state index in [1.54, 1.807) is 6.20 Å². The van der Waals surface area contributed by atoms with Gasteiger partial charge in [0, 0.05) is 23.5 Å². The summed E-state index contributed by atoms with van der Waals surface area (Å²) in [6.45, 7) is 2.11. The molecule has 1 aromatic heterocycles. The summed E-state index contributed by atoms with van der Waals surface area (Å²) in [7, 11) is 0. The number of alkyl halides is 1. The number of nitrogens with two attached hydrogens (primary N) is 1. The van der Waals surface area contributed by atoms with E-state index >= 15 is 0 Å². The van der Waals surface area contributed by atoms with Gasteiger partial charge in [0.15, 0.2) is 0 Å². The van der Waals surface area contributed by atoms with Crippen LogP contribution in [0.1, 0.15) is 31.7 Å². The molecule has 0 bridgehead atoms. The lowest BCUT2D eigenvalue weighted by Crippen LogP contribution is -1.99. The summed E-state index contributed by atoms with van der Waals surface area (Å²) in [5.74, 6) is 0. The number of hydrogen-bond acceptors (Lipinski definition) is 2. The molecule has 0 aromatic carbocycles. The molecule has 0 amide bonds. The van der Waals surface area contributed by atoms with E-state index in [1.807, 2.05) is 12.3 Å². The lowest BCUT2D eigenvalue weighted by molar-refractivity contribution is 0.674. The van der Waals surface area contributed by atoms with Crippen LogP contribution < -0.4 is 5.73 Å². The zero-order chi connectivity index (χ0) is 10.4. The van der Waals surface area contributed by atoms with E-state index in [0.717, 1.165) is 36.9 Å². The third-order valence-electron chi connectivity index (χ3n) is 2.35. The van der Waals surface area contributed by atoms with Crippen LogP contribution in [0.2, 0.25) is 0 Å². The van der Waals surface area contributed by atoms with Gasteiger partial charge in [0.25, 0.3) is 0 Å². The van der Waals surface area contributed by atoms with Crippen molar-refractivity contribution < 1.29 is 0 Å². The summed E-state index contributed by atoms with van der Waals surface area (Å²) in [5.41, 5.74) is 7.76. The van der Waals surface area contributed by atoms with E-state index in [-0.39, 0.29) is 0 Å². The molecule has 0 saturated heterocycles. The van der Waals surface area contributed by atoms with E-state index in [4.69, 9.17) is 17.3 Å². The minimum absolute atomic E-state index is 0.299. The van der Waals surface area contributed by atoms with E-state index in [1.165, 1.54) is 0 Å². The number of rotatable bonds is 5. The molecule has 14 heavy (non-hydrogen) atoms. The number of aryl methyl sites for hydroxylation is 1. The van der Waals surface area contributed by atoms with Crippen LogP contribution in [0, 0.1) is 0 Å². The first-order valence-corrected chi connectivity index (χ1v) is 5.50. The van der Waals surface area contributed by atoms with Gasteiger partial charge < -0.3 is 5.73 Å². The molecule has 2 nitrogen and oxygen atoms in total. The van der Waals surface area contributed by atoms with Crippen LogP contribution in [-0.4, -0.2) is 10.4 Å². The number of hydrogen-bond donors (Lipinski definition) is 1. The number of nitrogen functional groups attached to an aromatic ring is 1. The minimum Gasteiger partial charge on any atom is -0.398 e. The number of aromatic nitrogens is 1. The Kier molecular flexibility index (Phi) is 4.74.